The number of carbonyl (C=O) groups excluding carboxylic acids is 1. The summed E-state index contributed by atoms with van der Waals surface area (Å²) in [4.78, 5) is 10.4. The number of rotatable bonds is 3. The van der Waals surface area contributed by atoms with Gasteiger partial charge < -0.3 is 0 Å². The molecular weight excluding hydrogens is 183 g/mol. The maximum Gasteiger partial charge on any atom is 0.226 e. The van der Waals surface area contributed by atoms with Gasteiger partial charge in [0.15, 0.2) is 0 Å². The first-order valence-corrected chi connectivity index (χ1v) is 3.91. The van der Waals surface area contributed by atoms with Gasteiger partial charge in [-0.2, -0.15) is 9.49 Å². The quantitative estimate of drug-likeness (QED) is 0.675. The standard InChI is InChI=1S/C7H8ClFN2O/c1-2-11-7(9)5(4-10-11)3-6(8)12/h4H,2-3H2,1H3. The molecule has 0 aromatic carbocycles. The molecule has 1 aromatic heterocycles. The highest BCUT2D eigenvalue weighted by Crippen LogP contribution is 2.08. The lowest BCUT2D eigenvalue weighted by atomic mass is 10.3. The fourth-order valence-corrected chi connectivity index (χ4v) is 1.04. The van der Waals surface area contributed by atoms with E-state index >= 15 is 0 Å². The molecule has 5 heteroatoms. The van der Waals surface area contributed by atoms with E-state index in [-0.39, 0.29) is 12.0 Å². The Kier molecular flexibility index (Phi) is 2.81. The van der Waals surface area contributed by atoms with Crippen molar-refractivity contribution >= 4 is 16.8 Å². The van der Waals surface area contributed by atoms with Crippen molar-refractivity contribution in [2.45, 2.75) is 19.9 Å². The fraction of sp³-hybridized carbons (Fsp3) is 0.429. The van der Waals surface area contributed by atoms with Gasteiger partial charge in [0.2, 0.25) is 11.2 Å². The van der Waals surface area contributed by atoms with Crippen LogP contribution in [0, 0.1) is 5.95 Å². The molecule has 66 valence electrons. The lowest BCUT2D eigenvalue weighted by Gasteiger charge is -1.95. The highest BCUT2D eigenvalue weighted by atomic mass is 35.5. The number of hydrogen-bond acceptors (Lipinski definition) is 2. The first-order valence-electron chi connectivity index (χ1n) is 3.53. The Morgan fingerprint density at radius 3 is 2.92 bits per heavy atom. The minimum Gasteiger partial charge on any atom is -0.281 e. The molecule has 0 fully saturated rings. The molecule has 1 rings (SSSR count). The van der Waals surface area contributed by atoms with Gasteiger partial charge in [0.1, 0.15) is 0 Å². The van der Waals surface area contributed by atoms with Crippen LogP contribution in [-0.4, -0.2) is 15.0 Å². The predicted molar refractivity (Wildman–Crippen MR) is 42.4 cm³/mol. The minimum atomic E-state index is -0.579. The van der Waals surface area contributed by atoms with Gasteiger partial charge in [-0.1, -0.05) is 0 Å². The Labute approximate surface area is 74.1 Å². The Hall–Kier alpha value is -0.900. The topological polar surface area (TPSA) is 34.9 Å². The lowest BCUT2D eigenvalue weighted by Crippen LogP contribution is -2.02. The van der Waals surface area contributed by atoms with E-state index in [2.05, 4.69) is 5.10 Å². The lowest BCUT2D eigenvalue weighted by molar-refractivity contribution is -0.111. The molecule has 0 unspecified atom stereocenters. The summed E-state index contributed by atoms with van der Waals surface area (Å²) in [5.74, 6) is -0.480. The zero-order valence-corrected chi connectivity index (χ0v) is 7.31. The number of halogens is 2. The van der Waals surface area contributed by atoms with E-state index in [0.717, 1.165) is 0 Å². The molecule has 0 amide bonds. The van der Waals surface area contributed by atoms with Crippen molar-refractivity contribution in [1.29, 1.82) is 0 Å². The van der Waals surface area contributed by atoms with E-state index in [9.17, 15) is 9.18 Å². The van der Waals surface area contributed by atoms with E-state index in [1.54, 1.807) is 6.92 Å². The average molecular weight is 191 g/mol. The molecule has 0 bridgehead atoms. The number of carbonyl (C=O) groups is 1. The Bertz CT molecular complexity index is 298. The van der Waals surface area contributed by atoms with Gasteiger partial charge in [0.05, 0.1) is 12.6 Å². The monoisotopic (exact) mass is 190 g/mol. The molecule has 0 N–H and O–H groups in total. The van der Waals surface area contributed by atoms with Crippen molar-refractivity contribution in [3.05, 3.63) is 17.7 Å². The first kappa shape index (κ1) is 9.19. The molecule has 0 saturated carbocycles. The molecule has 3 nitrogen and oxygen atoms in total. The van der Waals surface area contributed by atoms with Crippen LogP contribution in [0.15, 0.2) is 6.20 Å². The second kappa shape index (κ2) is 3.67. The van der Waals surface area contributed by atoms with Crippen molar-refractivity contribution in [3.8, 4) is 0 Å². The van der Waals surface area contributed by atoms with Gasteiger partial charge >= 0.3 is 0 Å². The molecule has 0 aliphatic rings. The largest absolute Gasteiger partial charge is 0.281 e. The predicted octanol–water partition coefficient (Wildman–Crippen LogP) is 1.35. The van der Waals surface area contributed by atoms with E-state index in [0.29, 0.717) is 6.54 Å². The van der Waals surface area contributed by atoms with E-state index in [1.165, 1.54) is 10.9 Å². The number of aromatic nitrogens is 2. The van der Waals surface area contributed by atoms with E-state index < -0.39 is 11.2 Å². The first-order chi connectivity index (χ1) is 5.65. The zero-order chi connectivity index (χ0) is 9.14. The van der Waals surface area contributed by atoms with Crippen molar-refractivity contribution < 1.29 is 9.18 Å². The summed E-state index contributed by atoms with van der Waals surface area (Å²) in [7, 11) is 0. The van der Waals surface area contributed by atoms with Crippen molar-refractivity contribution in [2.75, 3.05) is 0 Å². The number of nitrogens with zero attached hydrogens (tertiary/aromatic N) is 2. The maximum atomic E-state index is 13.1. The summed E-state index contributed by atoms with van der Waals surface area (Å²) >= 11 is 5.09. The van der Waals surface area contributed by atoms with Gasteiger partial charge in [-0.3, -0.25) is 4.79 Å². The van der Waals surface area contributed by atoms with Gasteiger partial charge in [-0.15, -0.1) is 0 Å². The number of hydrogen-bond donors (Lipinski definition) is 0. The SMILES string of the molecule is CCn1ncc(CC(=O)Cl)c1F. The summed E-state index contributed by atoms with van der Waals surface area (Å²) < 4.78 is 14.3. The second-order valence-corrected chi connectivity index (χ2v) is 2.73. The maximum absolute atomic E-state index is 13.1. The van der Waals surface area contributed by atoms with Crippen molar-refractivity contribution in [2.24, 2.45) is 0 Å². The molecule has 0 atom stereocenters. The van der Waals surface area contributed by atoms with Gasteiger partial charge in [-0.05, 0) is 18.5 Å². The molecular formula is C7H8ClFN2O. The molecule has 12 heavy (non-hydrogen) atoms. The van der Waals surface area contributed by atoms with Gasteiger partial charge in [0, 0.05) is 12.1 Å². The van der Waals surface area contributed by atoms with Crippen LogP contribution in [0.4, 0.5) is 4.39 Å². The highest BCUT2D eigenvalue weighted by molar-refractivity contribution is 6.63. The van der Waals surface area contributed by atoms with Crippen LogP contribution in [0.2, 0.25) is 0 Å². The number of aryl methyl sites for hydroxylation is 1. The average Bonchev–Trinajstić information content (AvgIpc) is 2.32. The summed E-state index contributed by atoms with van der Waals surface area (Å²) in [6, 6.07) is 0. The molecule has 1 aromatic rings. The van der Waals surface area contributed by atoms with Crippen LogP contribution in [0.1, 0.15) is 12.5 Å². The fourth-order valence-electron chi connectivity index (χ4n) is 0.898. The zero-order valence-electron chi connectivity index (χ0n) is 6.55. The molecule has 0 aliphatic heterocycles. The molecule has 1 heterocycles. The van der Waals surface area contributed by atoms with Crippen LogP contribution in [0.3, 0.4) is 0 Å². The summed E-state index contributed by atoms with van der Waals surface area (Å²) in [5, 5.41) is 3.14. The van der Waals surface area contributed by atoms with E-state index in [4.69, 9.17) is 11.6 Å². The summed E-state index contributed by atoms with van der Waals surface area (Å²) in [6.07, 6.45) is 1.21. The molecule has 0 aliphatic carbocycles. The molecule has 0 saturated heterocycles. The van der Waals surface area contributed by atoms with Crippen LogP contribution in [-0.2, 0) is 17.8 Å². The van der Waals surface area contributed by atoms with Crippen molar-refractivity contribution in [3.63, 3.8) is 0 Å². The van der Waals surface area contributed by atoms with Crippen molar-refractivity contribution in [1.82, 2.24) is 9.78 Å². The Morgan fingerprint density at radius 2 is 2.50 bits per heavy atom. The van der Waals surface area contributed by atoms with E-state index in [1.807, 2.05) is 0 Å². The normalized spacial score (nSPS) is 10.2. The van der Waals surface area contributed by atoms with Gasteiger partial charge in [0.25, 0.3) is 0 Å². The summed E-state index contributed by atoms with van der Waals surface area (Å²) in [5.41, 5.74) is 0.247. The third-order valence-electron chi connectivity index (χ3n) is 1.47. The Morgan fingerprint density at radius 1 is 1.83 bits per heavy atom. The van der Waals surface area contributed by atoms with Crippen LogP contribution < -0.4 is 0 Å². The van der Waals surface area contributed by atoms with Gasteiger partial charge in [-0.25, -0.2) is 4.68 Å². The van der Waals surface area contributed by atoms with Crippen LogP contribution in [0.5, 0.6) is 0 Å². The molecule has 0 spiro atoms. The minimum absolute atomic E-state index is 0.104. The summed E-state index contributed by atoms with van der Waals surface area (Å²) in [6.45, 7) is 2.21. The highest BCUT2D eigenvalue weighted by Gasteiger charge is 2.11. The van der Waals surface area contributed by atoms with Crippen LogP contribution >= 0.6 is 11.6 Å². The molecule has 0 radical (unpaired) electrons. The third-order valence-corrected chi connectivity index (χ3v) is 1.61. The third kappa shape index (κ3) is 1.82. The second-order valence-electron chi connectivity index (χ2n) is 2.31. The Balaban J connectivity index is 2.87. The smallest absolute Gasteiger partial charge is 0.226 e. The van der Waals surface area contributed by atoms with Crippen LogP contribution in [0.25, 0.3) is 0 Å².